The fourth-order valence-corrected chi connectivity index (χ4v) is 5.30. The SMILES string of the molecule is CCOc1ccc(CCC(=O)N(Cc2c(Cl)cccc2Cl)C(CC)C(=O)NC2CCCC2)cc1OCC. The van der Waals surface area contributed by atoms with Crippen molar-refractivity contribution in [1.82, 2.24) is 10.2 Å². The molecule has 0 saturated heterocycles. The van der Waals surface area contributed by atoms with Crippen molar-refractivity contribution in [2.24, 2.45) is 0 Å². The summed E-state index contributed by atoms with van der Waals surface area (Å²) >= 11 is 12.9. The molecule has 0 spiro atoms. The van der Waals surface area contributed by atoms with Crippen LogP contribution in [-0.2, 0) is 22.6 Å². The lowest BCUT2D eigenvalue weighted by Crippen LogP contribution is -2.51. The molecule has 0 radical (unpaired) electrons. The number of hydrogen-bond donors (Lipinski definition) is 1. The lowest BCUT2D eigenvalue weighted by atomic mass is 10.0. The zero-order valence-electron chi connectivity index (χ0n) is 22.0. The number of halogens is 2. The van der Waals surface area contributed by atoms with E-state index >= 15 is 0 Å². The second-order valence-electron chi connectivity index (χ2n) is 9.28. The Bertz CT molecular complexity index is 1040. The van der Waals surface area contributed by atoms with Crippen LogP contribution in [-0.4, -0.2) is 42.0 Å². The van der Waals surface area contributed by atoms with E-state index in [1.807, 2.05) is 39.0 Å². The van der Waals surface area contributed by atoms with Crippen molar-refractivity contribution in [3.05, 3.63) is 57.6 Å². The summed E-state index contributed by atoms with van der Waals surface area (Å²) < 4.78 is 11.4. The molecule has 2 aromatic rings. The van der Waals surface area contributed by atoms with Gasteiger partial charge >= 0.3 is 0 Å². The van der Waals surface area contributed by atoms with Crippen molar-refractivity contribution in [3.8, 4) is 11.5 Å². The second kappa shape index (κ2) is 14.5. The largest absolute Gasteiger partial charge is 0.490 e. The summed E-state index contributed by atoms with van der Waals surface area (Å²) in [5.74, 6) is 1.10. The molecule has 0 bridgehead atoms. The molecule has 1 unspecified atom stereocenters. The highest BCUT2D eigenvalue weighted by Gasteiger charge is 2.31. The highest BCUT2D eigenvalue weighted by Crippen LogP contribution is 2.30. The van der Waals surface area contributed by atoms with Gasteiger partial charge in [-0.2, -0.15) is 0 Å². The Morgan fingerprint density at radius 2 is 1.65 bits per heavy atom. The van der Waals surface area contributed by atoms with E-state index in [-0.39, 0.29) is 30.8 Å². The molecule has 8 heteroatoms. The Labute approximate surface area is 230 Å². The second-order valence-corrected chi connectivity index (χ2v) is 10.1. The van der Waals surface area contributed by atoms with E-state index in [2.05, 4.69) is 5.32 Å². The standard InChI is InChI=1S/C29H38Cl2N2O4/c1-4-25(29(35)32-21-10-7-8-11-21)33(19-22-23(30)12-9-13-24(22)31)28(34)17-15-20-14-16-26(36-5-2)27(18-20)37-6-3/h9,12-14,16,18,21,25H,4-8,10-11,15,17,19H2,1-3H3,(H,32,35). The number of rotatable bonds is 13. The first-order chi connectivity index (χ1) is 17.9. The molecule has 2 aromatic carbocycles. The minimum absolute atomic E-state index is 0.120. The first-order valence-electron chi connectivity index (χ1n) is 13.3. The summed E-state index contributed by atoms with van der Waals surface area (Å²) in [6, 6.07) is 10.6. The third-order valence-electron chi connectivity index (χ3n) is 6.71. The van der Waals surface area contributed by atoms with Gasteiger partial charge in [-0.15, -0.1) is 0 Å². The van der Waals surface area contributed by atoms with Crippen molar-refractivity contribution >= 4 is 35.0 Å². The monoisotopic (exact) mass is 548 g/mol. The first kappa shape index (κ1) is 29.1. The number of amides is 2. The van der Waals surface area contributed by atoms with Crippen LogP contribution in [0.25, 0.3) is 0 Å². The normalized spacial score (nSPS) is 14.3. The molecule has 1 aliphatic rings. The van der Waals surface area contributed by atoms with Gasteiger partial charge in [0.1, 0.15) is 6.04 Å². The number of carbonyl (C=O) groups is 2. The molecular formula is C29H38Cl2N2O4. The van der Waals surface area contributed by atoms with Crippen LogP contribution in [0.5, 0.6) is 11.5 Å². The van der Waals surface area contributed by atoms with E-state index < -0.39 is 6.04 Å². The van der Waals surface area contributed by atoms with Crippen LogP contribution in [0, 0.1) is 0 Å². The molecule has 37 heavy (non-hydrogen) atoms. The fraction of sp³-hybridized carbons (Fsp3) is 0.517. The Morgan fingerprint density at radius 3 is 2.27 bits per heavy atom. The molecule has 1 saturated carbocycles. The highest BCUT2D eigenvalue weighted by atomic mass is 35.5. The first-order valence-corrected chi connectivity index (χ1v) is 14.0. The van der Waals surface area contributed by atoms with Crippen LogP contribution >= 0.6 is 23.2 Å². The number of ether oxygens (including phenoxy) is 2. The van der Waals surface area contributed by atoms with Crippen LogP contribution in [0.4, 0.5) is 0 Å². The molecule has 0 heterocycles. The number of benzene rings is 2. The van der Waals surface area contributed by atoms with Gasteiger partial charge in [0.15, 0.2) is 11.5 Å². The van der Waals surface area contributed by atoms with E-state index in [4.69, 9.17) is 32.7 Å². The van der Waals surface area contributed by atoms with Crippen LogP contribution < -0.4 is 14.8 Å². The minimum atomic E-state index is -0.611. The number of hydrogen-bond acceptors (Lipinski definition) is 4. The summed E-state index contributed by atoms with van der Waals surface area (Å²) in [5.41, 5.74) is 1.60. The number of nitrogens with one attached hydrogen (secondary N) is 1. The molecule has 1 aliphatic carbocycles. The van der Waals surface area contributed by atoms with Crippen molar-refractivity contribution in [1.29, 1.82) is 0 Å². The maximum absolute atomic E-state index is 13.7. The van der Waals surface area contributed by atoms with Gasteiger partial charge < -0.3 is 19.7 Å². The summed E-state index contributed by atoms with van der Waals surface area (Å²) in [4.78, 5) is 28.6. The molecule has 0 aromatic heterocycles. The Balaban J connectivity index is 1.81. The number of nitrogens with zero attached hydrogens (tertiary/aromatic N) is 1. The average Bonchev–Trinajstić information content (AvgIpc) is 3.39. The average molecular weight is 550 g/mol. The third-order valence-corrected chi connectivity index (χ3v) is 7.42. The maximum Gasteiger partial charge on any atom is 0.243 e. The highest BCUT2D eigenvalue weighted by molar-refractivity contribution is 6.36. The van der Waals surface area contributed by atoms with E-state index in [1.165, 1.54) is 0 Å². The van der Waals surface area contributed by atoms with Gasteiger partial charge in [0.05, 0.1) is 13.2 Å². The molecule has 1 N–H and O–H groups in total. The Morgan fingerprint density at radius 1 is 1.00 bits per heavy atom. The van der Waals surface area contributed by atoms with Gasteiger partial charge in [-0.05, 0) is 69.4 Å². The molecule has 1 atom stereocenters. The number of aryl methyl sites for hydroxylation is 1. The lowest BCUT2D eigenvalue weighted by molar-refractivity contribution is -0.141. The Hall–Kier alpha value is -2.44. The molecule has 1 fully saturated rings. The van der Waals surface area contributed by atoms with Gasteiger partial charge in [-0.25, -0.2) is 0 Å². The van der Waals surface area contributed by atoms with E-state index in [0.29, 0.717) is 53.2 Å². The van der Waals surface area contributed by atoms with Crippen molar-refractivity contribution < 1.29 is 19.1 Å². The third kappa shape index (κ3) is 8.02. The molecule has 3 rings (SSSR count). The van der Waals surface area contributed by atoms with Crippen LogP contribution in [0.15, 0.2) is 36.4 Å². The van der Waals surface area contributed by atoms with Gasteiger partial charge in [0, 0.05) is 34.6 Å². The van der Waals surface area contributed by atoms with E-state index in [9.17, 15) is 9.59 Å². The van der Waals surface area contributed by atoms with Crippen molar-refractivity contribution in [3.63, 3.8) is 0 Å². The van der Waals surface area contributed by atoms with Gasteiger partial charge in [-0.1, -0.05) is 55.1 Å². The van der Waals surface area contributed by atoms with Gasteiger partial charge in [-0.3, -0.25) is 9.59 Å². The van der Waals surface area contributed by atoms with E-state index in [1.54, 1.807) is 23.1 Å². The van der Waals surface area contributed by atoms with Crippen LogP contribution in [0.2, 0.25) is 10.0 Å². The quantitative estimate of drug-likeness (QED) is 0.306. The topological polar surface area (TPSA) is 67.9 Å². The van der Waals surface area contributed by atoms with Crippen molar-refractivity contribution in [2.75, 3.05) is 13.2 Å². The van der Waals surface area contributed by atoms with Crippen molar-refractivity contribution in [2.45, 2.75) is 84.3 Å². The molecule has 6 nitrogen and oxygen atoms in total. The fourth-order valence-electron chi connectivity index (χ4n) is 4.79. The smallest absolute Gasteiger partial charge is 0.243 e. The minimum Gasteiger partial charge on any atom is -0.490 e. The zero-order valence-corrected chi connectivity index (χ0v) is 23.5. The predicted molar refractivity (Wildman–Crippen MR) is 149 cm³/mol. The number of carbonyl (C=O) groups excluding carboxylic acids is 2. The summed E-state index contributed by atoms with van der Waals surface area (Å²) in [7, 11) is 0. The molecular weight excluding hydrogens is 511 g/mol. The summed E-state index contributed by atoms with van der Waals surface area (Å²) in [6.45, 7) is 7.00. The van der Waals surface area contributed by atoms with E-state index in [0.717, 1.165) is 31.2 Å². The van der Waals surface area contributed by atoms with Crippen LogP contribution in [0.1, 0.15) is 70.4 Å². The molecule has 202 valence electrons. The van der Waals surface area contributed by atoms with Gasteiger partial charge in [0.25, 0.3) is 0 Å². The summed E-state index contributed by atoms with van der Waals surface area (Å²) in [6.07, 6.45) is 5.41. The molecule has 0 aliphatic heterocycles. The van der Waals surface area contributed by atoms with Crippen LogP contribution in [0.3, 0.4) is 0 Å². The predicted octanol–water partition coefficient (Wildman–Crippen LogP) is 6.59. The summed E-state index contributed by atoms with van der Waals surface area (Å²) in [5, 5.41) is 4.12. The lowest BCUT2D eigenvalue weighted by Gasteiger charge is -2.32. The van der Waals surface area contributed by atoms with Gasteiger partial charge in [0.2, 0.25) is 11.8 Å². The molecule has 2 amide bonds. The maximum atomic E-state index is 13.7. The Kier molecular flexibility index (Phi) is 11.4. The zero-order chi connectivity index (χ0) is 26.8.